The second-order valence-electron chi connectivity index (χ2n) is 0. The van der Waals surface area contributed by atoms with Crippen molar-refractivity contribution in [1.29, 1.82) is 0 Å². The van der Waals surface area contributed by atoms with Crippen LogP contribution in [-0.4, -0.2) is 196 Å². The first kappa shape index (κ1) is 81.5. The largest absolute Gasteiger partial charge is 2.00 e. The molecule has 0 spiro atoms. The molecule has 0 aliphatic rings. The van der Waals surface area contributed by atoms with Crippen LogP contribution in [0.3, 0.4) is 0 Å². The van der Waals surface area contributed by atoms with Crippen molar-refractivity contribution in [3.8, 4) is 0 Å². The van der Waals surface area contributed by atoms with Crippen LogP contribution in [0.4, 0.5) is 0 Å². The fourth-order valence-electron chi connectivity index (χ4n) is 0. The monoisotopic (exact) mass is 1330 g/mol. The Morgan fingerprint density at radius 3 is 0.273 bits per heavy atom. The topological polar surface area (TPSA) is 28.5 Å². The number of rotatable bonds is 0. The predicted octanol–water partition coefficient (Wildman–Crippen LogP) is -19.6. The van der Waals surface area contributed by atoms with E-state index in [4.69, 9.17) is 0 Å². The van der Waals surface area contributed by atoms with Crippen LogP contribution in [0.25, 0.3) is 0 Å². The van der Waals surface area contributed by atoms with Gasteiger partial charge in [-0.25, -0.2) is 0 Å². The molecule has 0 N–H and O–H groups in total. The van der Waals surface area contributed by atoms with Gasteiger partial charge >= 0.3 is 196 Å². The number of hydrogen-bond donors (Lipinski definition) is 0. The van der Waals surface area contributed by atoms with Crippen LogP contribution < -0.4 is 144 Å². The van der Waals surface area contributed by atoms with E-state index < -0.39 is 0 Å². The molecule has 0 aromatic carbocycles. The fraction of sp³-hybridized carbons (Fsp3) is 0. The molecule has 0 unspecified atom stereocenters. The van der Waals surface area contributed by atoms with Crippen molar-refractivity contribution in [3.63, 3.8) is 0 Å². The first-order valence-corrected chi connectivity index (χ1v) is 0. The van der Waals surface area contributed by atoms with Crippen molar-refractivity contribution in [3.05, 3.63) is 0 Å². The van der Waals surface area contributed by atoms with E-state index in [0.717, 1.165) is 0 Å². The van der Waals surface area contributed by atoms with Gasteiger partial charge in [-0.1, -0.05) is 0 Å². The summed E-state index contributed by atoms with van der Waals surface area (Å²) < 4.78 is 0. The Bertz CT molecular complexity index is 14.5. The molecular weight excluding hydrogens is 1330 g/mol. The second kappa shape index (κ2) is 70.4. The second-order valence-corrected chi connectivity index (χ2v) is 0. The summed E-state index contributed by atoms with van der Waals surface area (Å²) in [6.07, 6.45) is 0. The first-order chi connectivity index (χ1) is 0. The standard InChI is InChI=1S/4Ba.6HI.O/h;;;;6*1H;/q4*+2;;;;;;;-2/p-6. The van der Waals surface area contributed by atoms with E-state index in [-0.39, 0.29) is 345 Å². The molecule has 0 saturated carbocycles. The van der Waals surface area contributed by atoms with Gasteiger partial charge in [0.1, 0.15) is 0 Å². The average Bonchev–Trinajstić information content (AvgIpc) is 0. The molecule has 0 saturated heterocycles. The molecule has 0 fully saturated rings. The van der Waals surface area contributed by atoms with E-state index in [1.165, 1.54) is 0 Å². The minimum atomic E-state index is 0. The van der Waals surface area contributed by atoms with E-state index >= 15 is 0 Å². The van der Waals surface area contributed by atoms with Crippen LogP contribution >= 0.6 is 0 Å². The minimum absolute atomic E-state index is 0. The Kier molecular flexibility index (Phi) is 521. The van der Waals surface area contributed by atoms with Gasteiger partial charge in [0, 0.05) is 0 Å². The van der Waals surface area contributed by atoms with E-state index in [1.54, 1.807) is 0 Å². The molecule has 0 radical (unpaired) electrons. The molecule has 11 heavy (non-hydrogen) atoms. The maximum atomic E-state index is 0. The maximum absolute atomic E-state index is 0. The Morgan fingerprint density at radius 2 is 0.273 bits per heavy atom. The van der Waals surface area contributed by atoms with Gasteiger partial charge in [-0.3, -0.25) is 0 Å². The molecule has 0 aromatic rings. The van der Waals surface area contributed by atoms with Crippen LogP contribution in [0, 0.1) is 0 Å². The number of hydrogen-bond acceptors (Lipinski definition) is 0. The molecule has 0 atom stereocenters. The first-order valence-electron chi connectivity index (χ1n) is 0. The van der Waals surface area contributed by atoms with Crippen molar-refractivity contribution in [1.82, 2.24) is 0 Å². The third kappa shape index (κ3) is 63.4. The molecule has 0 amide bonds. The number of halogens is 6. The van der Waals surface area contributed by atoms with Gasteiger partial charge in [0.25, 0.3) is 0 Å². The van der Waals surface area contributed by atoms with Gasteiger partial charge < -0.3 is 149 Å². The fourth-order valence-corrected chi connectivity index (χ4v) is 0. The molecule has 0 bridgehead atoms. The quantitative estimate of drug-likeness (QED) is 0.171. The van der Waals surface area contributed by atoms with Crippen molar-refractivity contribution < 1.29 is 149 Å². The molecule has 56 valence electrons. The zero-order valence-corrected chi connectivity index (χ0v) is 36.2. The van der Waals surface area contributed by atoms with Crippen LogP contribution in [0.15, 0.2) is 0 Å². The zero-order chi connectivity index (χ0) is 0. The molecule has 1 nitrogen and oxygen atoms in total. The Labute approximate surface area is 332 Å². The molecule has 0 rings (SSSR count). The summed E-state index contributed by atoms with van der Waals surface area (Å²) in [5.74, 6) is 0. The van der Waals surface area contributed by atoms with Crippen molar-refractivity contribution in [2.24, 2.45) is 0 Å². The predicted molar refractivity (Wildman–Crippen MR) is 23.7 cm³/mol. The summed E-state index contributed by atoms with van der Waals surface area (Å²) in [5.41, 5.74) is 0. The Morgan fingerprint density at radius 1 is 0.273 bits per heavy atom. The summed E-state index contributed by atoms with van der Waals surface area (Å²) in [7, 11) is 0. The SMILES string of the molecule is [Ba+2].[Ba+2].[Ba+2].[Ba+2].[I-].[I-].[I-].[I-].[I-].[I-].[O-2]. The maximum Gasteiger partial charge on any atom is 2.00 e. The summed E-state index contributed by atoms with van der Waals surface area (Å²) >= 11 is 0. The smallest absolute Gasteiger partial charge is 2.00 e. The van der Waals surface area contributed by atoms with E-state index in [0.29, 0.717) is 0 Å². The van der Waals surface area contributed by atoms with Crippen LogP contribution in [0.1, 0.15) is 0 Å². The average molecular weight is 1330 g/mol. The van der Waals surface area contributed by atoms with Crippen molar-refractivity contribution >= 4 is 196 Å². The summed E-state index contributed by atoms with van der Waals surface area (Å²) in [6.45, 7) is 0. The molecule has 11 heteroatoms. The summed E-state index contributed by atoms with van der Waals surface area (Å²) in [4.78, 5) is 0. The molecule has 0 aliphatic heterocycles. The van der Waals surface area contributed by atoms with Crippen molar-refractivity contribution in [2.75, 3.05) is 0 Å². The summed E-state index contributed by atoms with van der Waals surface area (Å²) in [6, 6.07) is 0. The summed E-state index contributed by atoms with van der Waals surface area (Å²) in [5, 5.41) is 0. The van der Waals surface area contributed by atoms with Crippen LogP contribution in [-0.2, 0) is 5.48 Å². The van der Waals surface area contributed by atoms with Crippen LogP contribution in [0.5, 0.6) is 0 Å². The van der Waals surface area contributed by atoms with E-state index in [1.807, 2.05) is 0 Å². The van der Waals surface area contributed by atoms with E-state index in [9.17, 15) is 0 Å². The van der Waals surface area contributed by atoms with Crippen LogP contribution in [0.2, 0.25) is 0 Å². The Balaban J connectivity index is 0. The third-order valence-corrected chi connectivity index (χ3v) is 0. The van der Waals surface area contributed by atoms with E-state index in [2.05, 4.69) is 0 Å². The Hall–Kier alpha value is 10.6. The van der Waals surface area contributed by atoms with Gasteiger partial charge in [-0.05, 0) is 0 Å². The molecule has 0 heterocycles. The molecular formula is Ba4I6O. The molecule has 0 aliphatic carbocycles. The van der Waals surface area contributed by atoms with Gasteiger partial charge in [0.15, 0.2) is 0 Å². The van der Waals surface area contributed by atoms with Crippen molar-refractivity contribution in [2.45, 2.75) is 0 Å². The minimum Gasteiger partial charge on any atom is -2.00 e. The zero-order valence-electron chi connectivity index (χ0n) is 5.50. The molecule has 0 aromatic heterocycles. The van der Waals surface area contributed by atoms with Gasteiger partial charge in [-0.15, -0.1) is 0 Å². The normalized spacial score (nSPS) is 0. The third-order valence-electron chi connectivity index (χ3n) is 0. The van der Waals surface area contributed by atoms with Gasteiger partial charge in [-0.2, -0.15) is 0 Å². The van der Waals surface area contributed by atoms with Gasteiger partial charge in [0.05, 0.1) is 0 Å². The van der Waals surface area contributed by atoms with Gasteiger partial charge in [0.2, 0.25) is 0 Å².